The second-order valence-corrected chi connectivity index (χ2v) is 5.27. The molecular formula is C18H17N5O2. The van der Waals surface area contributed by atoms with Gasteiger partial charge in [0.25, 0.3) is 5.56 Å². The van der Waals surface area contributed by atoms with E-state index in [9.17, 15) is 4.79 Å². The van der Waals surface area contributed by atoms with Crippen LogP contribution in [0.25, 0.3) is 0 Å². The summed E-state index contributed by atoms with van der Waals surface area (Å²) in [5.74, 6) is 0.884. The molecule has 7 nitrogen and oxygen atoms in total. The molecule has 0 aliphatic rings. The van der Waals surface area contributed by atoms with Crippen LogP contribution in [-0.4, -0.2) is 21.4 Å². The Kier molecular flexibility index (Phi) is 5.16. The third-order valence-corrected chi connectivity index (χ3v) is 3.39. The first-order valence-corrected chi connectivity index (χ1v) is 7.71. The second kappa shape index (κ2) is 7.87. The molecule has 7 heteroatoms. The van der Waals surface area contributed by atoms with Crippen molar-refractivity contribution in [3.05, 3.63) is 81.8 Å². The minimum atomic E-state index is -0.306. The summed E-state index contributed by atoms with van der Waals surface area (Å²) in [5, 5.41) is 11.6. The van der Waals surface area contributed by atoms with Crippen molar-refractivity contribution in [2.24, 2.45) is 5.10 Å². The zero-order valence-electron chi connectivity index (χ0n) is 13.6. The minimum absolute atomic E-state index is 0.175. The van der Waals surface area contributed by atoms with Gasteiger partial charge in [-0.15, -0.1) is 10.2 Å². The van der Waals surface area contributed by atoms with Crippen molar-refractivity contribution in [1.29, 1.82) is 0 Å². The Labute approximate surface area is 144 Å². The van der Waals surface area contributed by atoms with Gasteiger partial charge in [-0.2, -0.15) is 5.10 Å². The lowest BCUT2D eigenvalue weighted by atomic mass is 10.2. The second-order valence-electron chi connectivity index (χ2n) is 5.27. The molecule has 0 saturated heterocycles. The van der Waals surface area contributed by atoms with Crippen molar-refractivity contribution in [1.82, 2.24) is 15.2 Å². The molecule has 0 amide bonds. The molecule has 0 bridgehead atoms. The van der Waals surface area contributed by atoms with E-state index in [1.54, 1.807) is 13.1 Å². The zero-order chi connectivity index (χ0) is 17.5. The number of nitrogens with one attached hydrogen (secondary N) is 2. The summed E-state index contributed by atoms with van der Waals surface area (Å²) < 4.78 is 5.86. The number of rotatable bonds is 6. The zero-order valence-corrected chi connectivity index (χ0v) is 13.6. The Balaban J connectivity index is 1.67. The smallest absolute Gasteiger partial charge is 0.274 e. The number of para-hydroxylation sites is 1. The predicted octanol–water partition coefficient (Wildman–Crippen LogP) is 2.50. The number of nitrogens with zero attached hydrogens (tertiary/aromatic N) is 3. The molecule has 1 aromatic heterocycles. The fourth-order valence-electron chi connectivity index (χ4n) is 2.06. The Morgan fingerprint density at radius 3 is 2.68 bits per heavy atom. The predicted molar refractivity (Wildman–Crippen MR) is 95.8 cm³/mol. The van der Waals surface area contributed by atoms with E-state index >= 15 is 0 Å². The van der Waals surface area contributed by atoms with E-state index in [1.165, 1.54) is 0 Å². The van der Waals surface area contributed by atoms with Crippen LogP contribution < -0.4 is 15.7 Å². The van der Waals surface area contributed by atoms with Crippen LogP contribution in [0.4, 0.5) is 5.95 Å². The Morgan fingerprint density at radius 2 is 1.88 bits per heavy atom. The molecule has 0 aliphatic carbocycles. The third kappa shape index (κ3) is 4.51. The van der Waals surface area contributed by atoms with Gasteiger partial charge in [-0.3, -0.25) is 9.78 Å². The first kappa shape index (κ1) is 16.4. The summed E-state index contributed by atoms with van der Waals surface area (Å²) >= 11 is 0. The summed E-state index contributed by atoms with van der Waals surface area (Å²) in [6, 6.07) is 17.5. The van der Waals surface area contributed by atoms with Crippen LogP contribution in [0.3, 0.4) is 0 Å². The lowest BCUT2D eigenvalue weighted by Crippen LogP contribution is -2.15. The highest BCUT2D eigenvalue weighted by atomic mass is 16.5. The van der Waals surface area contributed by atoms with E-state index in [4.69, 9.17) is 4.74 Å². The molecule has 0 aliphatic heterocycles. The summed E-state index contributed by atoms with van der Waals surface area (Å²) in [6.07, 6.45) is 1.60. The molecule has 0 saturated carbocycles. The quantitative estimate of drug-likeness (QED) is 0.533. The van der Waals surface area contributed by atoms with Gasteiger partial charge in [0.15, 0.2) is 0 Å². The topological polar surface area (TPSA) is 92.3 Å². The largest absolute Gasteiger partial charge is 0.488 e. The summed E-state index contributed by atoms with van der Waals surface area (Å²) in [6.45, 7) is 2.05. The van der Waals surface area contributed by atoms with Gasteiger partial charge in [0.1, 0.15) is 18.1 Å². The fraction of sp³-hybridized carbons (Fsp3) is 0.111. The number of aromatic amines is 1. The Morgan fingerprint density at radius 1 is 1.12 bits per heavy atom. The summed E-state index contributed by atoms with van der Waals surface area (Å²) in [5.41, 5.74) is 4.52. The molecule has 25 heavy (non-hydrogen) atoms. The molecule has 0 spiro atoms. The normalized spacial score (nSPS) is 10.8. The maximum absolute atomic E-state index is 11.5. The van der Waals surface area contributed by atoms with Crippen LogP contribution in [0, 0.1) is 6.92 Å². The van der Waals surface area contributed by atoms with Gasteiger partial charge in [-0.1, -0.05) is 42.5 Å². The first-order chi connectivity index (χ1) is 12.2. The van der Waals surface area contributed by atoms with Gasteiger partial charge in [0.2, 0.25) is 5.95 Å². The monoisotopic (exact) mass is 335 g/mol. The highest BCUT2D eigenvalue weighted by Crippen LogP contribution is 2.17. The summed E-state index contributed by atoms with van der Waals surface area (Å²) in [4.78, 5) is 14.0. The van der Waals surface area contributed by atoms with E-state index in [2.05, 4.69) is 25.7 Å². The molecule has 2 aromatic carbocycles. The van der Waals surface area contributed by atoms with Gasteiger partial charge in [0.05, 0.1) is 6.21 Å². The minimum Gasteiger partial charge on any atom is -0.488 e. The number of hydrogen-bond donors (Lipinski definition) is 2. The highest BCUT2D eigenvalue weighted by molar-refractivity contribution is 5.83. The van der Waals surface area contributed by atoms with Crippen LogP contribution in [0.1, 0.15) is 16.8 Å². The van der Waals surface area contributed by atoms with Crippen molar-refractivity contribution in [2.75, 3.05) is 5.43 Å². The highest BCUT2D eigenvalue weighted by Gasteiger charge is 2.02. The molecule has 0 unspecified atom stereocenters. The molecule has 3 aromatic rings. The Hall–Kier alpha value is -3.48. The molecule has 2 N–H and O–H groups in total. The van der Waals surface area contributed by atoms with Gasteiger partial charge >= 0.3 is 0 Å². The lowest BCUT2D eigenvalue weighted by Gasteiger charge is -2.08. The van der Waals surface area contributed by atoms with Crippen molar-refractivity contribution in [3.8, 4) is 5.75 Å². The van der Waals surface area contributed by atoms with Gasteiger partial charge in [-0.25, -0.2) is 5.43 Å². The van der Waals surface area contributed by atoms with Gasteiger partial charge in [-0.05, 0) is 24.6 Å². The maximum Gasteiger partial charge on any atom is 0.274 e. The third-order valence-electron chi connectivity index (χ3n) is 3.39. The molecular weight excluding hydrogens is 318 g/mol. The number of H-pyrrole nitrogens is 1. The standard InChI is InChI=1S/C18H17N5O2/c1-13-17(24)20-18(23-21-13)22-19-11-15-9-5-6-10-16(15)25-12-14-7-3-2-4-8-14/h2-11H,12H2,1H3,(H2,20,22,23,24)/b19-11-. The van der Waals surface area contributed by atoms with E-state index in [0.717, 1.165) is 11.1 Å². The van der Waals surface area contributed by atoms with Crippen molar-refractivity contribution >= 4 is 12.2 Å². The van der Waals surface area contributed by atoms with Crippen LogP contribution in [0.15, 0.2) is 64.5 Å². The van der Waals surface area contributed by atoms with Gasteiger partial charge in [0, 0.05) is 5.56 Å². The van der Waals surface area contributed by atoms with Crippen molar-refractivity contribution < 1.29 is 4.74 Å². The van der Waals surface area contributed by atoms with Crippen molar-refractivity contribution in [2.45, 2.75) is 13.5 Å². The maximum atomic E-state index is 11.5. The molecule has 0 atom stereocenters. The average molecular weight is 335 g/mol. The number of hydrogen-bond acceptors (Lipinski definition) is 6. The average Bonchev–Trinajstić information content (AvgIpc) is 2.65. The molecule has 126 valence electrons. The van der Waals surface area contributed by atoms with Crippen LogP contribution >= 0.6 is 0 Å². The lowest BCUT2D eigenvalue weighted by molar-refractivity contribution is 0.306. The number of ether oxygens (including phenoxy) is 1. The number of benzene rings is 2. The number of anilines is 1. The molecule has 0 radical (unpaired) electrons. The SMILES string of the molecule is Cc1nnc(N/N=C\c2ccccc2OCc2ccccc2)[nH]c1=O. The van der Waals surface area contributed by atoms with E-state index in [-0.39, 0.29) is 11.5 Å². The van der Waals surface area contributed by atoms with Crippen molar-refractivity contribution in [3.63, 3.8) is 0 Å². The summed E-state index contributed by atoms with van der Waals surface area (Å²) in [7, 11) is 0. The van der Waals surface area contributed by atoms with E-state index < -0.39 is 0 Å². The van der Waals surface area contributed by atoms with E-state index in [0.29, 0.717) is 18.1 Å². The fourth-order valence-corrected chi connectivity index (χ4v) is 2.06. The van der Waals surface area contributed by atoms with E-state index in [1.807, 2.05) is 54.6 Å². The number of aryl methyl sites for hydroxylation is 1. The molecule has 3 rings (SSSR count). The molecule has 1 heterocycles. The Bertz CT molecular complexity index is 922. The molecule has 0 fully saturated rings. The first-order valence-electron chi connectivity index (χ1n) is 7.71. The van der Waals surface area contributed by atoms with Gasteiger partial charge < -0.3 is 4.74 Å². The van der Waals surface area contributed by atoms with Crippen LogP contribution in [0.5, 0.6) is 5.75 Å². The van der Waals surface area contributed by atoms with Crippen LogP contribution in [-0.2, 0) is 6.61 Å². The van der Waals surface area contributed by atoms with Crippen LogP contribution in [0.2, 0.25) is 0 Å². The number of hydrazone groups is 1. The number of aromatic nitrogens is 3.